The third-order valence-corrected chi connectivity index (χ3v) is 2.26. The lowest BCUT2D eigenvalue weighted by molar-refractivity contribution is 0.251. The fraction of sp³-hybridized carbons (Fsp3) is 0.273. The van der Waals surface area contributed by atoms with Crippen LogP contribution < -0.4 is 10.6 Å². The van der Waals surface area contributed by atoms with Crippen molar-refractivity contribution in [1.82, 2.24) is 5.32 Å². The van der Waals surface area contributed by atoms with Crippen molar-refractivity contribution in [2.75, 3.05) is 5.32 Å². The van der Waals surface area contributed by atoms with E-state index < -0.39 is 5.82 Å². The Hall–Kier alpha value is -2.09. The number of anilines is 1. The molecule has 0 spiro atoms. The maximum atomic E-state index is 12.8. The van der Waals surface area contributed by atoms with Crippen molar-refractivity contribution >= 4 is 11.7 Å². The van der Waals surface area contributed by atoms with Crippen LogP contribution >= 0.6 is 0 Å². The number of rotatable bonds is 2. The fourth-order valence-electron chi connectivity index (χ4n) is 1.29. The van der Waals surface area contributed by atoms with Crippen molar-refractivity contribution in [2.45, 2.75) is 18.9 Å². The van der Waals surface area contributed by atoms with Gasteiger partial charge in [0, 0.05) is 6.04 Å². The second-order valence-electron chi connectivity index (χ2n) is 3.67. The fourth-order valence-corrected chi connectivity index (χ4v) is 1.29. The van der Waals surface area contributed by atoms with E-state index >= 15 is 0 Å². The summed E-state index contributed by atoms with van der Waals surface area (Å²) in [5.74, 6) is -0.496. The molecule has 4 nitrogen and oxygen atoms in total. The lowest BCUT2D eigenvalue weighted by Crippen LogP contribution is -2.30. The zero-order chi connectivity index (χ0) is 11.5. The van der Waals surface area contributed by atoms with Gasteiger partial charge in [-0.1, -0.05) is 0 Å². The minimum absolute atomic E-state index is 0.117. The molecule has 0 aliphatic heterocycles. The molecule has 1 aliphatic carbocycles. The first kappa shape index (κ1) is 10.4. The molecule has 0 heterocycles. The number of hydrogen-bond acceptors (Lipinski definition) is 2. The van der Waals surface area contributed by atoms with Gasteiger partial charge in [0.05, 0.1) is 11.3 Å². The van der Waals surface area contributed by atoms with Crippen molar-refractivity contribution in [1.29, 1.82) is 5.26 Å². The summed E-state index contributed by atoms with van der Waals surface area (Å²) in [6.45, 7) is 0. The van der Waals surface area contributed by atoms with E-state index in [1.165, 1.54) is 12.1 Å². The molecule has 1 aliphatic rings. The summed E-state index contributed by atoms with van der Waals surface area (Å²) in [6.07, 6.45) is 1.98. The number of nitriles is 1. The first-order valence-electron chi connectivity index (χ1n) is 4.96. The van der Waals surface area contributed by atoms with Gasteiger partial charge in [-0.25, -0.2) is 9.18 Å². The smallest absolute Gasteiger partial charge is 0.319 e. The minimum atomic E-state index is -0.496. The number of nitrogens with zero attached hydrogens (tertiary/aromatic N) is 1. The molecule has 2 N–H and O–H groups in total. The van der Waals surface area contributed by atoms with Crippen molar-refractivity contribution < 1.29 is 9.18 Å². The van der Waals surface area contributed by atoms with Crippen LogP contribution in [0.4, 0.5) is 14.9 Å². The van der Waals surface area contributed by atoms with Crippen molar-refractivity contribution in [3.8, 4) is 6.07 Å². The highest BCUT2D eigenvalue weighted by molar-refractivity contribution is 5.91. The van der Waals surface area contributed by atoms with Crippen LogP contribution in [0.15, 0.2) is 18.2 Å². The first-order valence-corrected chi connectivity index (χ1v) is 4.96. The molecule has 0 saturated heterocycles. The molecule has 16 heavy (non-hydrogen) atoms. The Kier molecular flexibility index (Phi) is 2.73. The Morgan fingerprint density at radius 3 is 2.88 bits per heavy atom. The maximum Gasteiger partial charge on any atom is 0.319 e. The average molecular weight is 219 g/mol. The van der Waals surface area contributed by atoms with Crippen LogP contribution in [0, 0.1) is 17.1 Å². The number of hydrogen-bond donors (Lipinski definition) is 2. The van der Waals surface area contributed by atoms with Gasteiger partial charge >= 0.3 is 6.03 Å². The van der Waals surface area contributed by atoms with E-state index in [2.05, 4.69) is 10.6 Å². The molecule has 0 aromatic heterocycles. The molecule has 1 aromatic rings. The second-order valence-corrected chi connectivity index (χ2v) is 3.67. The van der Waals surface area contributed by atoms with Gasteiger partial charge in [-0.3, -0.25) is 0 Å². The van der Waals surface area contributed by atoms with Gasteiger partial charge < -0.3 is 10.6 Å². The highest BCUT2D eigenvalue weighted by Crippen LogP contribution is 2.20. The quantitative estimate of drug-likeness (QED) is 0.798. The summed E-state index contributed by atoms with van der Waals surface area (Å²) < 4.78 is 12.8. The summed E-state index contributed by atoms with van der Waals surface area (Å²) in [7, 11) is 0. The SMILES string of the molecule is N#Cc1cc(F)ccc1NC(=O)NC1CC1. The molecule has 0 atom stereocenters. The van der Waals surface area contributed by atoms with E-state index in [0.717, 1.165) is 18.9 Å². The second kappa shape index (κ2) is 4.19. The molecule has 0 unspecified atom stereocenters. The van der Waals surface area contributed by atoms with E-state index in [4.69, 9.17) is 5.26 Å². The molecule has 82 valence electrons. The molecule has 1 saturated carbocycles. The van der Waals surface area contributed by atoms with Crippen molar-refractivity contribution in [3.05, 3.63) is 29.6 Å². The van der Waals surface area contributed by atoms with Crippen molar-refractivity contribution in [3.63, 3.8) is 0 Å². The standard InChI is InChI=1S/C11H10FN3O/c12-8-1-4-10(7(5-8)6-13)15-11(16)14-9-2-3-9/h1,4-5,9H,2-3H2,(H2,14,15,16). The average Bonchev–Trinajstić information content (AvgIpc) is 3.04. The predicted molar refractivity (Wildman–Crippen MR) is 56.3 cm³/mol. The zero-order valence-corrected chi connectivity index (χ0v) is 8.46. The Bertz CT molecular complexity index is 463. The number of carbonyl (C=O) groups is 1. The van der Waals surface area contributed by atoms with Gasteiger partial charge in [-0.2, -0.15) is 5.26 Å². The van der Waals surface area contributed by atoms with Gasteiger partial charge in [0.25, 0.3) is 0 Å². The molecule has 1 aromatic carbocycles. The van der Waals surface area contributed by atoms with E-state index in [9.17, 15) is 9.18 Å². The molecular weight excluding hydrogens is 209 g/mol. The third-order valence-electron chi connectivity index (χ3n) is 2.26. The van der Waals surface area contributed by atoms with Gasteiger partial charge in [0.15, 0.2) is 0 Å². The summed E-state index contributed by atoms with van der Waals surface area (Å²) >= 11 is 0. The van der Waals surface area contributed by atoms with Crippen LogP contribution in [0.5, 0.6) is 0 Å². The molecule has 2 amide bonds. The molecule has 0 bridgehead atoms. The molecule has 0 radical (unpaired) electrons. The van der Waals surface area contributed by atoms with Crippen LogP contribution in [0.2, 0.25) is 0 Å². The minimum Gasteiger partial charge on any atom is -0.335 e. The summed E-state index contributed by atoms with van der Waals surface area (Å²) in [4.78, 5) is 11.4. The van der Waals surface area contributed by atoms with Crippen LogP contribution in [0.3, 0.4) is 0 Å². The Balaban J connectivity index is 2.08. The number of benzene rings is 1. The lowest BCUT2D eigenvalue weighted by Gasteiger charge is -2.07. The van der Waals surface area contributed by atoms with Gasteiger partial charge in [-0.15, -0.1) is 0 Å². The number of halogens is 1. The van der Waals surface area contributed by atoms with Crippen molar-refractivity contribution in [2.24, 2.45) is 0 Å². The largest absolute Gasteiger partial charge is 0.335 e. The predicted octanol–water partition coefficient (Wildman–Crippen LogP) is 1.98. The zero-order valence-electron chi connectivity index (χ0n) is 8.46. The molecule has 5 heteroatoms. The number of amides is 2. The number of urea groups is 1. The first-order chi connectivity index (χ1) is 7.69. The number of nitrogens with one attached hydrogen (secondary N) is 2. The van der Waals surface area contributed by atoms with Gasteiger partial charge in [-0.05, 0) is 31.0 Å². The summed E-state index contributed by atoms with van der Waals surface area (Å²) in [6, 6.07) is 5.38. The topological polar surface area (TPSA) is 64.9 Å². The Morgan fingerprint density at radius 1 is 1.50 bits per heavy atom. The summed E-state index contributed by atoms with van der Waals surface area (Å²) in [5.41, 5.74) is 0.438. The Labute approximate surface area is 92.1 Å². The van der Waals surface area contributed by atoms with Gasteiger partial charge in [0.1, 0.15) is 11.9 Å². The van der Waals surface area contributed by atoms with Crippen LogP contribution in [-0.2, 0) is 0 Å². The Morgan fingerprint density at radius 2 is 2.25 bits per heavy atom. The van der Waals surface area contributed by atoms with Gasteiger partial charge in [0.2, 0.25) is 0 Å². The summed E-state index contributed by atoms with van der Waals surface area (Å²) in [5, 5.41) is 14.0. The van der Waals surface area contributed by atoms with E-state index in [0.29, 0.717) is 5.69 Å². The van der Waals surface area contributed by atoms with Crippen LogP contribution in [0.1, 0.15) is 18.4 Å². The third kappa shape index (κ3) is 2.48. The highest BCUT2D eigenvalue weighted by Gasteiger charge is 2.23. The highest BCUT2D eigenvalue weighted by atomic mass is 19.1. The van der Waals surface area contributed by atoms with Crippen LogP contribution in [-0.4, -0.2) is 12.1 Å². The van der Waals surface area contributed by atoms with E-state index in [1.807, 2.05) is 6.07 Å². The molecule has 2 rings (SSSR count). The monoisotopic (exact) mass is 219 g/mol. The van der Waals surface area contributed by atoms with Crippen LogP contribution in [0.25, 0.3) is 0 Å². The molecular formula is C11H10FN3O. The van der Waals surface area contributed by atoms with E-state index in [-0.39, 0.29) is 17.6 Å². The number of carbonyl (C=O) groups excluding carboxylic acids is 1. The molecule has 1 fully saturated rings. The maximum absolute atomic E-state index is 12.8. The lowest BCUT2D eigenvalue weighted by atomic mass is 10.2. The van der Waals surface area contributed by atoms with E-state index in [1.54, 1.807) is 0 Å². The normalized spacial score (nSPS) is 14.0.